The van der Waals surface area contributed by atoms with Gasteiger partial charge in [-0.05, 0) is 89.9 Å². The monoisotopic (exact) mass is 873 g/mol. The van der Waals surface area contributed by atoms with Gasteiger partial charge in [0.25, 0.3) is 0 Å². The maximum atomic E-state index is 12.7. The predicted octanol–water partition coefficient (Wildman–Crippen LogP) is 14.6. The first-order valence-corrected chi connectivity index (χ1v) is 25.5. The van der Waals surface area contributed by atoms with E-state index in [1.54, 1.807) is 0 Å². The molecular weight excluding hydrogens is 782 g/mol. The normalized spacial score (nSPS) is 14.5. The molecular formula is C52H91NO7P+. The molecule has 0 spiro atoms. The first-order valence-electron chi connectivity index (χ1n) is 24.0. The fourth-order valence-corrected chi connectivity index (χ4v) is 6.75. The van der Waals surface area contributed by atoms with Crippen LogP contribution < -0.4 is 0 Å². The maximum Gasteiger partial charge on any atom is 0.472 e. The maximum absolute atomic E-state index is 12.7. The second-order valence-electron chi connectivity index (χ2n) is 16.7. The number of allylic oxidation sites excluding steroid dienone is 16. The lowest BCUT2D eigenvalue weighted by atomic mass is 10.1. The third-order valence-corrected chi connectivity index (χ3v) is 10.6. The van der Waals surface area contributed by atoms with Gasteiger partial charge >= 0.3 is 13.8 Å². The Hall–Kier alpha value is -2.58. The van der Waals surface area contributed by atoms with Crippen LogP contribution in [0.2, 0.25) is 0 Å². The molecule has 9 heteroatoms. The summed E-state index contributed by atoms with van der Waals surface area (Å²) < 4.78 is 35.1. The highest BCUT2D eigenvalue weighted by atomic mass is 31.2. The summed E-state index contributed by atoms with van der Waals surface area (Å²) in [5, 5.41) is 0. The minimum absolute atomic E-state index is 0.0766. The Kier molecular flexibility index (Phi) is 42.2. The van der Waals surface area contributed by atoms with Crippen molar-refractivity contribution < 1.29 is 37.3 Å². The Bertz CT molecular complexity index is 1290. The zero-order chi connectivity index (χ0) is 44.8. The number of rotatable bonds is 43. The van der Waals surface area contributed by atoms with E-state index in [-0.39, 0.29) is 25.8 Å². The average molecular weight is 873 g/mol. The fraction of sp³-hybridized carbons (Fsp3) is 0.673. The summed E-state index contributed by atoms with van der Waals surface area (Å²) in [5.74, 6) is -0.343. The van der Waals surface area contributed by atoms with Crippen LogP contribution in [0.4, 0.5) is 0 Å². The Balaban J connectivity index is 4.24. The molecule has 0 rings (SSSR count). The molecule has 0 saturated carbocycles. The van der Waals surface area contributed by atoms with Crippen molar-refractivity contribution in [2.45, 2.75) is 174 Å². The number of hydrogen-bond donors (Lipinski definition) is 1. The number of esters is 1. The van der Waals surface area contributed by atoms with Crippen LogP contribution in [-0.2, 0) is 27.9 Å². The van der Waals surface area contributed by atoms with E-state index in [1.165, 1.54) is 51.4 Å². The lowest BCUT2D eigenvalue weighted by Gasteiger charge is -2.24. The van der Waals surface area contributed by atoms with Gasteiger partial charge in [0.2, 0.25) is 0 Å². The number of phosphoric ester groups is 1. The van der Waals surface area contributed by atoms with Gasteiger partial charge in [-0.25, -0.2) is 4.57 Å². The van der Waals surface area contributed by atoms with Crippen LogP contribution >= 0.6 is 7.82 Å². The standard InChI is InChI=1S/C52H90NO7P/c1-6-8-10-12-14-16-18-20-22-24-25-26-27-28-30-32-34-36-38-40-42-44-47-57-49-51(50-59-61(55,56)58-48-46-53(3,4)5)60-52(54)45-43-41-39-37-35-33-31-29-23-21-19-17-15-13-11-9-7-2/h8-11,14-17,20-23,25-26,31,33,51H,6-7,12-13,18-19,24,27-30,32,34-50H2,1-5H3/p+1/b10-8-,11-9-,16-14-,17-15-,22-20-,23-21-,26-25-,33-31-. The largest absolute Gasteiger partial charge is 0.472 e. The molecule has 0 aromatic carbocycles. The number of carbonyl (C=O) groups excluding carboxylic acids is 1. The summed E-state index contributed by atoms with van der Waals surface area (Å²) in [6.45, 7) is 5.33. The Morgan fingerprint density at radius 3 is 1.34 bits per heavy atom. The molecule has 2 atom stereocenters. The second-order valence-corrected chi connectivity index (χ2v) is 18.2. The molecule has 0 radical (unpaired) electrons. The highest BCUT2D eigenvalue weighted by Crippen LogP contribution is 2.43. The molecule has 0 aromatic heterocycles. The van der Waals surface area contributed by atoms with Crippen molar-refractivity contribution >= 4 is 13.8 Å². The summed E-state index contributed by atoms with van der Waals surface area (Å²) in [6, 6.07) is 0. The number of unbranched alkanes of at least 4 members (excludes halogenated alkanes) is 13. The molecule has 0 amide bonds. The van der Waals surface area contributed by atoms with Gasteiger partial charge in [-0.3, -0.25) is 13.8 Å². The number of likely N-dealkylation sites (N-methyl/N-ethyl adjacent to an activating group) is 1. The van der Waals surface area contributed by atoms with E-state index < -0.39 is 13.9 Å². The van der Waals surface area contributed by atoms with Crippen molar-refractivity contribution in [3.8, 4) is 0 Å². The first kappa shape index (κ1) is 58.4. The minimum atomic E-state index is -4.29. The predicted molar refractivity (Wildman–Crippen MR) is 261 cm³/mol. The molecule has 61 heavy (non-hydrogen) atoms. The molecule has 0 aromatic rings. The van der Waals surface area contributed by atoms with Crippen molar-refractivity contribution in [3.63, 3.8) is 0 Å². The van der Waals surface area contributed by atoms with Gasteiger partial charge in [0.1, 0.15) is 19.3 Å². The van der Waals surface area contributed by atoms with E-state index in [4.69, 9.17) is 18.5 Å². The number of hydrogen-bond acceptors (Lipinski definition) is 6. The molecule has 1 N–H and O–H groups in total. The quantitative estimate of drug-likeness (QED) is 0.0214. The molecule has 8 nitrogen and oxygen atoms in total. The number of ether oxygens (including phenoxy) is 2. The first-order chi connectivity index (χ1) is 29.6. The number of phosphoric acid groups is 1. The van der Waals surface area contributed by atoms with Gasteiger partial charge in [0, 0.05) is 13.0 Å². The summed E-state index contributed by atoms with van der Waals surface area (Å²) in [7, 11) is 1.63. The molecule has 0 fully saturated rings. The Morgan fingerprint density at radius 1 is 0.508 bits per heavy atom. The van der Waals surface area contributed by atoms with Gasteiger partial charge in [-0.1, -0.05) is 169 Å². The van der Waals surface area contributed by atoms with Crippen LogP contribution in [0.1, 0.15) is 168 Å². The molecule has 0 bridgehead atoms. The number of carbonyl (C=O) groups is 1. The van der Waals surface area contributed by atoms with Crippen LogP contribution in [0, 0.1) is 0 Å². The van der Waals surface area contributed by atoms with E-state index in [0.29, 0.717) is 24.1 Å². The topological polar surface area (TPSA) is 91.3 Å². The Labute approximate surface area is 375 Å². The van der Waals surface area contributed by atoms with Gasteiger partial charge in [0.15, 0.2) is 0 Å². The van der Waals surface area contributed by atoms with Crippen molar-refractivity contribution in [1.82, 2.24) is 0 Å². The second kappa shape index (κ2) is 44.0. The van der Waals surface area contributed by atoms with E-state index >= 15 is 0 Å². The van der Waals surface area contributed by atoms with Crippen molar-refractivity contribution in [3.05, 3.63) is 97.2 Å². The lowest BCUT2D eigenvalue weighted by molar-refractivity contribution is -0.870. The van der Waals surface area contributed by atoms with Crippen molar-refractivity contribution in [2.24, 2.45) is 0 Å². The van der Waals surface area contributed by atoms with Gasteiger partial charge in [-0.15, -0.1) is 0 Å². The number of nitrogens with zero attached hydrogens (tertiary/aromatic N) is 1. The molecule has 0 aliphatic carbocycles. The summed E-state index contributed by atoms with van der Waals surface area (Å²) >= 11 is 0. The Morgan fingerprint density at radius 2 is 0.902 bits per heavy atom. The third-order valence-electron chi connectivity index (χ3n) is 9.64. The van der Waals surface area contributed by atoms with Gasteiger partial charge in [-0.2, -0.15) is 0 Å². The van der Waals surface area contributed by atoms with Crippen LogP contribution in [0.25, 0.3) is 0 Å². The van der Waals surface area contributed by atoms with Crippen LogP contribution in [0.3, 0.4) is 0 Å². The van der Waals surface area contributed by atoms with E-state index in [9.17, 15) is 14.3 Å². The fourth-order valence-electron chi connectivity index (χ4n) is 6.00. The van der Waals surface area contributed by atoms with Crippen LogP contribution in [0.5, 0.6) is 0 Å². The van der Waals surface area contributed by atoms with Crippen molar-refractivity contribution in [1.29, 1.82) is 0 Å². The molecule has 350 valence electrons. The molecule has 0 aliphatic rings. The SMILES string of the molecule is CC/C=C\C/C=C\C/C=C\C/C=C\CCCCCCCCCCCOCC(COP(=O)(O)OCC[N+](C)(C)C)OC(=O)CCCCCC/C=C\C/C=C\C/C=C\C/C=C\CC. The van der Waals surface area contributed by atoms with Crippen LogP contribution in [0.15, 0.2) is 97.2 Å². The number of quaternary nitrogens is 1. The molecule has 0 aliphatic heterocycles. The lowest BCUT2D eigenvalue weighted by Crippen LogP contribution is -2.37. The van der Waals surface area contributed by atoms with Gasteiger partial charge in [0.05, 0.1) is 34.4 Å². The van der Waals surface area contributed by atoms with Crippen molar-refractivity contribution in [2.75, 3.05) is 54.1 Å². The molecule has 0 saturated heterocycles. The highest BCUT2D eigenvalue weighted by molar-refractivity contribution is 7.47. The zero-order valence-electron chi connectivity index (χ0n) is 39.6. The van der Waals surface area contributed by atoms with E-state index in [2.05, 4.69) is 111 Å². The van der Waals surface area contributed by atoms with E-state index in [1.807, 2.05) is 21.1 Å². The van der Waals surface area contributed by atoms with Crippen LogP contribution in [-0.4, -0.2) is 75.6 Å². The van der Waals surface area contributed by atoms with Gasteiger partial charge < -0.3 is 18.9 Å². The molecule has 2 unspecified atom stereocenters. The summed E-state index contributed by atoms with van der Waals surface area (Å²) in [6.07, 6.45) is 60.2. The summed E-state index contributed by atoms with van der Waals surface area (Å²) in [5.41, 5.74) is 0. The smallest absolute Gasteiger partial charge is 0.457 e. The minimum Gasteiger partial charge on any atom is -0.457 e. The zero-order valence-corrected chi connectivity index (χ0v) is 40.5. The summed E-state index contributed by atoms with van der Waals surface area (Å²) in [4.78, 5) is 23.0. The highest BCUT2D eigenvalue weighted by Gasteiger charge is 2.26. The third kappa shape index (κ3) is 48.3. The molecule has 0 heterocycles. The average Bonchev–Trinajstić information content (AvgIpc) is 3.22. The van der Waals surface area contributed by atoms with E-state index in [0.717, 1.165) is 96.3 Å².